The SMILES string of the molecule is CCOc1ccc(Oc2ccc(NC(=O)/C=C/c3ccc(Cl)cc3)cc2)cc1. The zero-order valence-electron chi connectivity index (χ0n) is 15.4. The summed E-state index contributed by atoms with van der Waals surface area (Å²) in [4.78, 5) is 12.0. The minimum absolute atomic E-state index is 0.213. The molecule has 0 radical (unpaired) electrons. The van der Waals surface area contributed by atoms with Gasteiger partial charge in [0.25, 0.3) is 0 Å². The van der Waals surface area contributed by atoms with Crippen molar-refractivity contribution in [1.82, 2.24) is 0 Å². The fourth-order valence-corrected chi connectivity index (χ4v) is 2.57. The number of anilines is 1. The molecule has 0 atom stereocenters. The molecular weight excluding hydrogens is 374 g/mol. The lowest BCUT2D eigenvalue weighted by molar-refractivity contribution is -0.111. The molecule has 0 spiro atoms. The highest BCUT2D eigenvalue weighted by atomic mass is 35.5. The van der Waals surface area contributed by atoms with Crippen molar-refractivity contribution in [3.63, 3.8) is 0 Å². The summed E-state index contributed by atoms with van der Waals surface area (Å²) in [5, 5.41) is 3.47. The lowest BCUT2D eigenvalue weighted by atomic mass is 10.2. The first-order valence-corrected chi connectivity index (χ1v) is 9.25. The van der Waals surface area contributed by atoms with E-state index in [1.807, 2.05) is 43.3 Å². The van der Waals surface area contributed by atoms with Gasteiger partial charge in [0.05, 0.1) is 6.61 Å². The van der Waals surface area contributed by atoms with E-state index in [4.69, 9.17) is 21.1 Å². The molecule has 0 aliphatic rings. The van der Waals surface area contributed by atoms with Crippen LogP contribution in [0.25, 0.3) is 6.08 Å². The van der Waals surface area contributed by atoms with E-state index in [9.17, 15) is 4.79 Å². The van der Waals surface area contributed by atoms with Crippen molar-refractivity contribution in [1.29, 1.82) is 0 Å². The Bertz CT molecular complexity index is 933. The normalized spacial score (nSPS) is 10.6. The van der Waals surface area contributed by atoms with Crippen LogP contribution in [0.15, 0.2) is 78.9 Å². The second-order valence-electron chi connectivity index (χ2n) is 5.90. The van der Waals surface area contributed by atoms with E-state index in [1.54, 1.807) is 42.5 Å². The summed E-state index contributed by atoms with van der Waals surface area (Å²) in [5.41, 5.74) is 1.59. The average Bonchev–Trinajstić information content (AvgIpc) is 2.71. The van der Waals surface area contributed by atoms with E-state index in [2.05, 4.69) is 5.32 Å². The third-order valence-corrected chi connectivity index (χ3v) is 4.04. The molecule has 0 unspecified atom stereocenters. The van der Waals surface area contributed by atoms with Crippen LogP contribution in [0, 0.1) is 0 Å². The van der Waals surface area contributed by atoms with Crippen LogP contribution in [-0.2, 0) is 4.79 Å². The van der Waals surface area contributed by atoms with Crippen LogP contribution in [0.3, 0.4) is 0 Å². The topological polar surface area (TPSA) is 47.6 Å². The average molecular weight is 394 g/mol. The molecule has 142 valence electrons. The summed E-state index contributed by atoms with van der Waals surface area (Å²) in [6.45, 7) is 2.57. The zero-order valence-corrected chi connectivity index (χ0v) is 16.1. The van der Waals surface area contributed by atoms with E-state index < -0.39 is 0 Å². The van der Waals surface area contributed by atoms with Gasteiger partial charge < -0.3 is 14.8 Å². The van der Waals surface area contributed by atoms with E-state index in [-0.39, 0.29) is 5.91 Å². The first-order valence-electron chi connectivity index (χ1n) is 8.88. The molecule has 0 aliphatic heterocycles. The minimum atomic E-state index is -0.213. The number of halogens is 1. The van der Waals surface area contributed by atoms with Crippen LogP contribution in [0.1, 0.15) is 12.5 Å². The van der Waals surface area contributed by atoms with Crippen molar-refractivity contribution in [3.8, 4) is 17.2 Å². The second kappa shape index (κ2) is 9.62. The van der Waals surface area contributed by atoms with E-state index in [0.717, 1.165) is 11.3 Å². The Morgan fingerprint density at radius 3 is 2.07 bits per heavy atom. The van der Waals surface area contributed by atoms with Crippen molar-refractivity contribution >= 4 is 29.3 Å². The molecule has 1 N–H and O–H groups in total. The highest BCUT2D eigenvalue weighted by Gasteiger charge is 2.01. The summed E-state index contributed by atoms with van der Waals surface area (Å²) in [6, 6.07) is 21.9. The molecule has 3 aromatic carbocycles. The molecule has 3 aromatic rings. The van der Waals surface area contributed by atoms with Gasteiger partial charge >= 0.3 is 0 Å². The summed E-state index contributed by atoms with van der Waals surface area (Å²) >= 11 is 5.85. The smallest absolute Gasteiger partial charge is 0.248 e. The number of ether oxygens (including phenoxy) is 2. The Kier molecular flexibility index (Phi) is 6.71. The molecule has 0 aliphatic carbocycles. The van der Waals surface area contributed by atoms with Crippen LogP contribution in [-0.4, -0.2) is 12.5 Å². The number of nitrogens with one attached hydrogen (secondary N) is 1. The van der Waals surface area contributed by atoms with Gasteiger partial charge in [0, 0.05) is 16.8 Å². The molecule has 0 bridgehead atoms. The highest BCUT2D eigenvalue weighted by molar-refractivity contribution is 6.30. The van der Waals surface area contributed by atoms with Gasteiger partial charge in [0.1, 0.15) is 17.2 Å². The van der Waals surface area contributed by atoms with Crippen molar-refractivity contribution in [2.45, 2.75) is 6.92 Å². The van der Waals surface area contributed by atoms with Crippen LogP contribution >= 0.6 is 11.6 Å². The molecule has 0 aromatic heterocycles. The molecular formula is C23H20ClNO3. The molecule has 0 saturated carbocycles. The van der Waals surface area contributed by atoms with Gasteiger partial charge in [0.2, 0.25) is 5.91 Å². The van der Waals surface area contributed by atoms with Crippen LogP contribution in [0.4, 0.5) is 5.69 Å². The van der Waals surface area contributed by atoms with Gasteiger partial charge in [-0.25, -0.2) is 0 Å². The zero-order chi connectivity index (χ0) is 19.8. The van der Waals surface area contributed by atoms with Gasteiger partial charge in [0.15, 0.2) is 0 Å². The molecule has 1 amide bonds. The molecule has 0 heterocycles. The maximum Gasteiger partial charge on any atom is 0.248 e. The predicted octanol–water partition coefficient (Wildman–Crippen LogP) is 6.18. The molecule has 5 heteroatoms. The number of amides is 1. The number of hydrogen-bond donors (Lipinski definition) is 1. The number of benzene rings is 3. The number of rotatable bonds is 7. The van der Waals surface area contributed by atoms with E-state index >= 15 is 0 Å². The molecule has 3 rings (SSSR count). The predicted molar refractivity (Wildman–Crippen MR) is 113 cm³/mol. The quantitative estimate of drug-likeness (QED) is 0.487. The van der Waals surface area contributed by atoms with Crippen molar-refractivity contribution in [3.05, 3.63) is 89.5 Å². The van der Waals surface area contributed by atoms with E-state index in [1.165, 1.54) is 6.08 Å². The van der Waals surface area contributed by atoms with Crippen LogP contribution < -0.4 is 14.8 Å². The minimum Gasteiger partial charge on any atom is -0.494 e. The number of carbonyl (C=O) groups is 1. The molecule has 0 fully saturated rings. The first kappa shape index (κ1) is 19.5. The summed E-state index contributed by atoms with van der Waals surface area (Å²) in [6.07, 6.45) is 3.21. The lowest BCUT2D eigenvalue weighted by Crippen LogP contribution is -2.07. The van der Waals surface area contributed by atoms with Gasteiger partial charge in [-0.1, -0.05) is 23.7 Å². The van der Waals surface area contributed by atoms with Gasteiger partial charge in [-0.05, 0) is 79.2 Å². The van der Waals surface area contributed by atoms with Gasteiger partial charge in [-0.2, -0.15) is 0 Å². The second-order valence-corrected chi connectivity index (χ2v) is 6.34. The fraction of sp³-hybridized carbons (Fsp3) is 0.0870. The fourth-order valence-electron chi connectivity index (χ4n) is 2.44. The van der Waals surface area contributed by atoms with Gasteiger partial charge in [-0.15, -0.1) is 0 Å². The molecule has 28 heavy (non-hydrogen) atoms. The molecule has 4 nitrogen and oxygen atoms in total. The third-order valence-electron chi connectivity index (χ3n) is 3.79. The number of carbonyl (C=O) groups excluding carboxylic acids is 1. The maximum absolute atomic E-state index is 12.0. The Morgan fingerprint density at radius 1 is 0.893 bits per heavy atom. The summed E-state index contributed by atoms with van der Waals surface area (Å²) < 4.78 is 11.2. The summed E-state index contributed by atoms with van der Waals surface area (Å²) in [5.74, 6) is 1.99. The monoisotopic (exact) mass is 393 g/mol. The lowest BCUT2D eigenvalue weighted by Gasteiger charge is -2.08. The van der Waals surface area contributed by atoms with Gasteiger partial charge in [-0.3, -0.25) is 4.79 Å². The standard InChI is InChI=1S/C23H20ClNO3/c1-2-27-20-12-14-22(15-13-20)28-21-10-8-19(9-11-21)25-23(26)16-5-17-3-6-18(24)7-4-17/h3-16H,2H2,1H3,(H,25,26)/b16-5+. The Morgan fingerprint density at radius 2 is 1.46 bits per heavy atom. The van der Waals surface area contributed by atoms with Crippen molar-refractivity contribution < 1.29 is 14.3 Å². The van der Waals surface area contributed by atoms with E-state index in [0.29, 0.717) is 28.8 Å². The Hall–Kier alpha value is -3.24. The Balaban J connectivity index is 1.54. The van der Waals surface area contributed by atoms with Crippen LogP contribution in [0.2, 0.25) is 5.02 Å². The maximum atomic E-state index is 12.0. The van der Waals surface area contributed by atoms with Crippen LogP contribution in [0.5, 0.6) is 17.2 Å². The largest absolute Gasteiger partial charge is 0.494 e. The van der Waals surface area contributed by atoms with Crippen molar-refractivity contribution in [2.24, 2.45) is 0 Å². The van der Waals surface area contributed by atoms with Crippen molar-refractivity contribution in [2.75, 3.05) is 11.9 Å². The summed E-state index contributed by atoms with van der Waals surface area (Å²) in [7, 11) is 0. The number of hydrogen-bond acceptors (Lipinski definition) is 3. The first-order chi connectivity index (χ1) is 13.6. The highest BCUT2D eigenvalue weighted by Crippen LogP contribution is 2.25. The molecule has 0 saturated heterocycles. The Labute approximate surface area is 169 Å². The third kappa shape index (κ3) is 5.89.